The first kappa shape index (κ1) is 60.6. The molecule has 0 amide bonds. The van der Waals surface area contributed by atoms with Crippen LogP contribution in [0.2, 0.25) is 0 Å². The fourth-order valence-electron chi connectivity index (χ4n) is 5.98. The molecule has 0 fully saturated rings. The van der Waals surface area contributed by atoms with Crippen LogP contribution in [0, 0.1) is 23.7 Å². The quantitative estimate of drug-likeness (QED) is 0.00709. The van der Waals surface area contributed by atoms with Gasteiger partial charge in [0.25, 0.3) is 0 Å². The molecule has 0 heterocycles. The third kappa shape index (κ3) is 28.3. The summed E-state index contributed by atoms with van der Waals surface area (Å²) in [5.41, 5.74) is 0. The van der Waals surface area contributed by atoms with Crippen LogP contribution in [0.15, 0.2) is 0 Å². The topological polar surface area (TPSA) is 350 Å². The van der Waals surface area contributed by atoms with Gasteiger partial charge in [-0.3, -0.25) is 5.26 Å². The molecule has 0 aliphatic rings. The molecule has 368 valence electrons. The van der Waals surface area contributed by atoms with Gasteiger partial charge in [0.15, 0.2) is 17.4 Å². The molecule has 0 aliphatic heterocycles. The van der Waals surface area contributed by atoms with Crippen LogP contribution < -0.4 is 0 Å². The average Bonchev–Trinajstić information content (AvgIpc) is 3.24. The van der Waals surface area contributed by atoms with Crippen LogP contribution in [0.5, 0.6) is 0 Å². The Bertz CT molecular complexity index is 979. The summed E-state index contributed by atoms with van der Waals surface area (Å²) in [6.07, 6.45) is -6.69. The Morgan fingerprint density at radius 1 is 0.541 bits per heavy atom. The maximum absolute atomic E-state index is 12.6. The molecule has 12 unspecified atom stereocenters. The third-order valence-electron chi connectivity index (χ3n) is 9.28. The summed E-state index contributed by atoms with van der Waals surface area (Å²) in [6.45, 7) is -3.87. The second kappa shape index (κ2) is 41.0. The van der Waals surface area contributed by atoms with Gasteiger partial charge in [-0.15, -0.1) is 4.33 Å². The second-order valence-corrected chi connectivity index (χ2v) is 15.4. The smallest absolute Gasteiger partial charge is 0.195 e. The minimum absolute atomic E-state index is 0.0104. The number of hydrogen-bond acceptors (Lipinski definition) is 25. The second-order valence-electron chi connectivity index (χ2n) is 13.7. The van der Waals surface area contributed by atoms with Crippen LogP contribution in [0.3, 0.4) is 0 Å². The molecule has 0 saturated carbocycles. The molecule has 0 saturated heterocycles. The summed E-state index contributed by atoms with van der Waals surface area (Å²) >= 11 is 1.68. The van der Waals surface area contributed by atoms with Crippen LogP contribution in [0.1, 0.15) is 26.2 Å². The van der Waals surface area contributed by atoms with Gasteiger partial charge < -0.3 is 88.0 Å². The van der Waals surface area contributed by atoms with Crippen LogP contribution in [0.4, 0.5) is 0 Å². The first-order valence-corrected chi connectivity index (χ1v) is 21.4. The van der Waals surface area contributed by atoms with Crippen LogP contribution in [-0.2, 0) is 67.4 Å². The van der Waals surface area contributed by atoms with E-state index in [1.165, 1.54) is 6.92 Å². The molecule has 24 nitrogen and oxygen atoms in total. The molecule has 0 aromatic rings. The molecule has 11 N–H and O–H groups in total. The van der Waals surface area contributed by atoms with Gasteiger partial charge in [-0.25, -0.2) is 14.4 Å². The molecule has 0 aliphatic carbocycles. The van der Waals surface area contributed by atoms with Crippen molar-refractivity contribution >= 4 is 24.0 Å². The number of ether oxygens (including phenoxy) is 8. The van der Waals surface area contributed by atoms with Gasteiger partial charge >= 0.3 is 0 Å². The number of hydrogen-bond donors (Lipinski definition) is 12. The number of thiol groups is 1. The molecule has 0 radical (unpaired) electrons. The molecule has 0 spiro atoms. The van der Waals surface area contributed by atoms with Gasteiger partial charge in [-0.2, -0.15) is 0 Å². The summed E-state index contributed by atoms with van der Waals surface area (Å²) in [6, 6.07) is 0. The van der Waals surface area contributed by atoms with Gasteiger partial charge in [0.05, 0.1) is 129 Å². The van der Waals surface area contributed by atoms with Gasteiger partial charge in [-0.1, -0.05) is 5.04 Å². The zero-order valence-electron chi connectivity index (χ0n) is 34.7. The zero-order valence-corrected chi connectivity index (χ0v) is 36.4. The Balaban J connectivity index is 7.44. The molecule has 0 rings (SSSR count). The zero-order chi connectivity index (χ0) is 45.7. The number of aliphatic hydroxyl groups is 9. The number of aliphatic hydroxyl groups excluding tert-OH is 9. The predicted molar refractivity (Wildman–Crippen MR) is 213 cm³/mol. The van der Waals surface area contributed by atoms with E-state index in [4.69, 9.17) is 52.6 Å². The van der Waals surface area contributed by atoms with E-state index in [0.717, 1.165) is 0 Å². The van der Waals surface area contributed by atoms with Crippen molar-refractivity contribution in [3.63, 3.8) is 0 Å². The average molecular weight is 941 g/mol. The van der Waals surface area contributed by atoms with E-state index in [0.29, 0.717) is 0 Å². The van der Waals surface area contributed by atoms with Crippen LogP contribution in [0.25, 0.3) is 0 Å². The first-order chi connectivity index (χ1) is 29.5. The predicted octanol–water partition coefficient (Wildman–Crippen LogP) is -3.32. The highest BCUT2D eigenvalue weighted by atomic mass is 32.2. The Kier molecular flexibility index (Phi) is 40.8. The minimum Gasteiger partial charge on any atom is -0.396 e. The largest absolute Gasteiger partial charge is 0.396 e. The molecule has 0 aromatic carbocycles. The highest BCUT2D eigenvalue weighted by Gasteiger charge is 2.39. The summed E-state index contributed by atoms with van der Waals surface area (Å²) in [5.74, 6) is -3.05. The Hall–Kier alpha value is -0.420. The van der Waals surface area contributed by atoms with E-state index in [1.807, 2.05) is 0 Å². The molecule has 26 heteroatoms. The Morgan fingerprint density at radius 2 is 1.10 bits per heavy atom. The van der Waals surface area contributed by atoms with Crippen molar-refractivity contribution in [1.82, 2.24) is 0 Å². The highest BCUT2D eigenvalue weighted by Crippen LogP contribution is 2.32. The summed E-state index contributed by atoms with van der Waals surface area (Å²) in [7, 11) is 0. The van der Waals surface area contributed by atoms with Gasteiger partial charge in [-0.05, 0) is 50.9 Å². The van der Waals surface area contributed by atoms with Gasteiger partial charge in [0, 0.05) is 31.7 Å². The minimum atomic E-state index is -2.26. The summed E-state index contributed by atoms with van der Waals surface area (Å²) < 4.78 is 69.5. The van der Waals surface area contributed by atoms with Crippen molar-refractivity contribution in [2.45, 2.75) is 68.2 Å². The van der Waals surface area contributed by atoms with E-state index in [-0.39, 0.29) is 138 Å². The van der Waals surface area contributed by atoms with Gasteiger partial charge in [0.2, 0.25) is 0 Å². The number of rotatable bonds is 46. The van der Waals surface area contributed by atoms with Gasteiger partial charge in [0.1, 0.15) is 18.8 Å². The van der Waals surface area contributed by atoms with Crippen molar-refractivity contribution in [1.29, 1.82) is 0 Å². The summed E-state index contributed by atoms with van der Waals surface area (Å²) in [5, 5.41) is 109. The standard InChI is InChI=1S/C35H72O24S2/c1-25(61(47)59-58-46)15-52-33(23-54-32(27(3-6-37)16-48-11-8-39)22-51-28(4-7-38)18-49-12-9-40)30(20-53-34(31(43)14-42)21-50-13-10-41)29(19-55-35(44)24-56-45)26(2-5-36)17-57-60/h25-46,60H,2-24H2,1H3. The van der Waals surface area contributed by atoms with E-state index >= 15 is 0 Å². The monoisotopic (exact) mass is 940 g/mol. The fourth-order valence-corrected chi connectivity index (χ4v) is 6.55. The Labute approximate surface area is 364 Å². The Morgan fingerprint density at radius 3 is 1.67 bits per heavy atom. The lowest BCUT2D eigenvalue weighted by molar-refractivity contribution is -0.435. The van der Waals surface area contributed by atoms with E-state index < -0.39 is 90.0 Å². The maximum Gasteiger partial charge on any atom is 0.195 e. The first-order valence-electron chi connectivity index (χ1n) is 19.9. The molecule has 0 bridgehead atoms. The van der Waals surface area contributed by atoms with Crippen LogP contribution >= 0.6 is 12.9 Å². The lowest BCUT2D eigenvalue weighted by Gasteiger charge is -2.39. The highest BCUT2D eigenvalue weighted by molar-refractivity contribution is 7.80. The maximum atomic E-state index is 12.6. The van der Waals surface area contributed by atoms with Crippen molar-refractivity contribution in [2.24, 2.45) is 23.7 Å². The van der Waals surface area contributed by atoms with E-state index in [1.54, 1.807) is 0 Å². The van der Waals surface area contributed by atoms with E-state index in [9.17, 15) is 50.2 Å². The molecule has 61 heavy (non-hydrogen) atoms. The van der Waals surface area contributed by atoms with E-state index in [2.05, 4.69) is 27.2 Å². The van der Waals surface area contributed by atoms with Crippen molar-refractivity contribution in [2.75, 3.05) is 132 Å². The van der Waals surface area contributed by atoms with Crippen molar-refractivity contribution in [3.8, 4) is 0 Å². The lowest BCUT2D eigenvalue weighted by Crippen LogP contribution is -2.47. The summed E-state index contributed by atoms with van der Waals surface area (Å²) in [4.78, 5) is 4.04. The normalized spacial score (nSPS) is 18.2. The third-order valence-corrected chi connectivity index (χ3v) is 10.4. The van der Waals surface area contributed by atoms with Crippen molar-refractivity contribution in [3.05, 3.63) is 0 Å². The fraction of sp³-hybridized carbons (Fsp3) is 1.00. The molecular formula is C35H72O24S2. The molecule has 0 aromatic heterocycles. The van der Waals surface area contributed by atoms with Crippen LogP contribution in [-0.4, -0.2) is 235 Å². The lowest BCUT2D eigenvalue weighted by atomic mass is 9.78. The SMILES string of the molecule is CC(COC(COC(COC(CCO)COCCO)C(CCO)COCCO)C(COC(COCCO)C(O)CO)C(COC(O)COO)C(CCO)COS)S(=O)OOO. The molecular weight excluding hydrogens is 868 g/mol. The van der Waals surface area contributed by atoms with Crippen molar-refractivity contribution < 1.29 is 117 Å². The molecule has 12 atom stereocenters.